The Labute approximate surface area is 106 Å². The van der Waals surface area contributed by atoms with Gasteiger partial charge in [0.05, 0.1) is 9.86 Å². The number of halogens is 1. The summed E-state index contributed by atoms with van der Waals surface area (Å²) in [4.78, 5) is 0. The Morgan fingerprint density at radius 1 is 1.18 bits per heavy atom. The average Bonchev–Trinajstić information content (AvgIpc) is 2.75. The quantitative estimate of drug-likeness (QED) is 0.689. The van der Waals surface area contributed by atoms with E-state index in [-0.39, 0.29) is 0 Å². The minimum absolute atomic E-state index is 0.729. The van der Waals surface area contributed by atoms with Crippen LogP contribution in [0, 0.1) is 6.92 Å². The van der Waals surface area contributed by atoms with E-state index in [4.69, 9.17) is 4.52 Å². The highest BCUT2D eigenvalue weighted by Gasteiger charge is 2.15. The molecule has 0 bridgehead atoms. The smallest absolute Gasteiger partial charge is 0.181 e. The first-order chi connectivity index (χ1) is 8.27. The molecule has 0 fully saturated rings. The molecule has 0 aliphatic carbocycles. The zero-order valence-electron chi connectivity index (χ0n) is 9.01. The third-order valence-corrected chi connectivity index (χ3v) is 3.22. The van der Waals surface area contributed by atoms with Gasteiger partial charge in [0.2, 0.25) is 0 Å². The molecular weight excluding hydrogens is 282 g/mol. The third-order valence-electron chi connectivity index (χ3n) is 2.60. The summed E-state index contributed by atoms with van der Waals surface area (Å²) in [6.07, 6.45) is 1.66. The molecule has 17 heavy (non-hydrogen) atoms. The van der Waals surface area contributed by atoms with Gasteiger partial charge in [-0.2, -0.15) is 5.10 Å². The van der Waals surface area contributed by atoms with E-state index in [9.17, 15) is 0 Å². The molecule has 2 aromatic heterocycles. The van der Waals surface area contributed by atoms with Crippen molar-refractivity contribution in [2.45, 2.75) is 6.92 Å². The lowest BCUT2D eigenvalue weighted by molar-refractivity contribution is 0.457. The molecule has 2 heterocycles. The molecule has 5 heteroatoms. The van der Waals surface area contributed by atoms with Gasteiger partial charge < -0.3 is 4.52 Å². The molecule has 0 saturated carbocycles. The first-order valence-corrected chi connectivity index (χ1v) is 5.89. The molecule has 0 aliphatic rings. The first kappa shape index (κ1) is 10.4. The minimum Gasteiger partial charge on any atom is -0.354 e. The van der Waals surface area contributed by atoms with Gasteiger partial charge in [0.1, 0.15) is 11.4 Å². The second kappa shape index (κ2) is 3.92. The second-order valence-electron chi connectivity index (χ2n) is 3.71. The van der Waals surface area contributed by atoms with Gasteiger partial charge in [0.15, 0.2) is 5.58 Å². The fraction of sp³-hybridized carbons (Fsp3) is 0.0833. The molecule has 1 aromatic carbocycles. The van der Waals surface area contributed by atoms with Gasteiger partial charge in [-0.25, -0.2) is 0 Å². The van der Waals surface area contributed by atoms with Crippen molar-refractivity contribution in [2.75, 3.05) is 0 Å². The Balaban J connectivity index is 2.33. The fourth-order valence-corrected chi connectivity index (χ4v) is 2.17. The van der Waals surface area contributed by atoms with E-state index in [1.807, 2.05) is 31.2 Å². The normalized spacial score (nSPS) is 10.9. The van der Waals surface area contributed by atoms with Crippen LogP contribution in [0.2, 0.25) is 0 Å². The number of para-hydroxylation sites is 1. The topological polar surface area (TPSA) is 51.8 Å². The fourth-order valence-electron chi connectivity index (χ4n) is 1.73. The highest BCUT2D eigenvalue weighted by atomic mass is 79.9. The molecule has 0 atom stereocenters. The van der Waals surface area contributed by atoms with Crippen molar-refractivity contribution in [2.24, 2.45) is 0 Å². The van der Waals surface area contributed by atoms with Gasteiger partial charge in [-0.3, -0.25) is 0 Å². The van der Waals surface area contributed by atoms with Gasteiger partial charge in [-0.1, -0.05) is 11.2 Å². The van der Waals surface area contributed by atoms with Crippen molar-refractivity contribution in [3.63, 3.8) is 0 Å². The van der Waals surface area contributed by atoms with Gasteiger partial charge in [-0.15, -0.1) is 5.10 Å². The van der Waals surface area contributed by atoms with E-state index in [2.05, 4.69) is 31.3 Å². The van der Waals surface area contributed by atoms with Crippen LogP contribution >= 0.6 is 15.9 Å². The second-order valence-corrected chi connectivity index (χ2v) is 4.56. The summed E-state index contributed by atoms with van der Waals surface area (Å²) >= 11 is 3.43. The number of benzene rings is 1. The van der Waals surface area contributed by atoms with Crippen LogP contribution in [0.5, 0.6) is 0 Å². The standard InChI is InChI=1S/C12H8BrN3O/c1-7-5-6-14-15-10(7)11-8-3-2-4-9(13)12(8)17-16-11/h2-6H,1H3. The van der Waals surface area contributed by atoms with Gasteiger partial charge >= 0.3 is 0 Å². The Bertz CT molecular complexity index is 693. The number of hydrogen-bond donors (Lipinski definition) is 0. The highest BCUT2D eigenvalue weighted by molar-refractivity contribution is 9.10. The maximum atomic E-state index is 5.32. The number of fused-ring (bicyclic) bond motifs is 1. The van der Waals surface area contributed by atoms with Crippen molar-refractivity contribution in [3.8, 4) is 11.4 Å². The Morgan fingerprint density at radius 2 is 2.06 bits per heavy atom. The molecule has 3 rings (SSSR count). The maximum absolute atomic E-state index is 5.32. The van der Waals surface area contributed by atoms with Crippen LogP contribution in [-0.2, 0) is 0 Å². The van der Waals surface area contributed by atoms with Gasteiger partial charge in [-0.05, 0) is 46.6 Å². The van der Waals surface area contributed by atoms with Crippen molar-refractivity contribution >= 4 is 26.9 Å². The molecule has 4 nitrogen and oxygen atoms in total. The third kappa shape index (κ3) is 1.63. The maximum Gasteiger partial charge on any atom is 0.181 e. The molecule has 0 radical (unpaired) electrons. The Hall–Kier alpha value is -1.75. The minimum atomic E-state index is 0.729. The molecule has 0 N–H and O–H groups in total. The van der Waals surface area contributed by atoms with E-state index in [0.717, 1.165) is 32.4 Å². The molecule has 0 spiro atoms. The summed E-state index contributed by atoms with van der Waals surface area (Å²) in [5.74, 6) is 0. The molecule has 3 aromatic rings. The van der Waals surface area contributed by atoms with Gasteiger partial charge in [0.25, 0.3) is 0 Å². The molecule has 0 amide bonds. The van der Waals surface area contributed by atoms with Crippen LogP contribution in [0.3, 0.4) is 0 Å². The lowest BCUT2D eigenvalue weighted by atomic mass is 10.1. The van der Waals surface area contributed by atoms with E-state index in [0.29, 0.717) is 0 Å². The first-order valence-electron chi connectivity index (χ1n) is 5.10. The Morgan fingerprint density at radius 3 is 2.88 bits per heavy atom. The van der Waals surface area contributed by atoms with Crippen LogP contribution < -0.4 is 0 Å². The number of aromatic nitrogens is 3. The highest BCUT2D eigenvalue weighted by Crippen LogP contribution is 2.31. The summed E-state index contributed by atoms with van der Waals surface area (Å²) in [6, 6.07) is 7.72. The van der Waals surface area contributed by atoms with Crippen LogP contribution in [-0.4, -0.2) is 15.4 Å². The largest absolute Gasteiger partial charge is 0.354 e. The lowest BCUT2D eigenvalue weighted by Crippen LogP contribution is -1.90. The van der Waals surface area contributed by atoms with Crippen molar-refractivity contribution in [1.82, 2.24) is 15.4 Å². The number of nitrogens with zero attached hydrogens (tertiary/aromatic N) is 3. The number of aryl methyl sites for hydroxylation is 1. The van der Waals surface area contributed by atoms with E-state index in [1.165, 1.54) is 0 Å². The van der Waals surface area contributed by atoms with E-state index in [1.54, 1.807) is 6.20 Å². The van der Waals surface area contributed by atoms with Crippen LogP contribution in [0.1, 0.15) is 5.56 Å². The summed E-state index contributed by atoms with van der Waals surface area (Å²) in [7, 11) is 0. The summed E-state index contributed by atoms with van der Waals surface area (Å²) in [6.45, 7) is 1.97. The van der Waals surface area contributed by atoms with Gasteiger partial charge in [0, 0.05) is 6.20 Å². The van der Waals surface area contributed by atoms with Crippen molar-refractivity contribution < 1.29 is 4.52 Å². The molecular formula is C12H8BrN3O. The SMILES string of the molecule is Cc1ccnnc1-c1noc2c(Br)cccc12. The van der Waals surface area contributed by atoms with Crippen LogP contribution in [0.4, 0.5) is 0 Å². The zero-order chi connectivity index (χ0) is 11.8. The molecule has 0 saturated heterocycles. The van der Waals surface area contributed by atoms with Crippen LogP contribution in [0.15, 0.2) is 39.5 Å². The summed E-state index contributed by atoms with van der Waals surface area (Å²) in [5, 5.41) is 13.0. The van der Waals surface area contributed by atoms with Crippen molar-refractivity contribution in [3.05, 3.63) is 40.5 Å². The lowest BCUT2D eigenvalue weighted by Gasteiger charge is -1.98. The predicted molar refractivity (Wildman–Crippen MR) is 67.5 cm³/mol. The summed E-state index contributed by atoms with van der Waals surface area (Å²) in [5.41, 5.74) is 3.24. The molecule has 84 valence electrons. The molecule has 0 aliphatic heterocycles. The van der Waals surface area contributed by atoms with Crippen molar-refractivity contribution in [1.29, 1.82) is 0 Å². The number of rotatable bonds is 1. The number of hydrogen-bond acceptors (Lipinski definition) is 4. The average molecular weight is 290 g/mol. The monoisotopic (exact) mass is 289 g/mol. The molecule has 0 unspecified atom stereocenters. The predicted octanol–water partition coefficient (Wildman–Crippen LogP) is 3.36. The Kier molecular flexibility index (Phi) is 2.40. The van der Waals surface area contributed by atoms with E-state index < -0.39 is 0 Å². The van der Waals surface area contributed by atoms with Crippen LogP contribution in [0.25, 0.3) is 22.4 Å². The summed E-state index contributed by atoms with van der Waals surface area (Å²) < 4.78 is 6.21. The zero-order valence-corrected chi connectivity index (χ0v) is 10.6. The van der Waals surface area contributed by atoms with E-state index >= 15 is 0 Å².